The second-order valence-corrected chi connectivity index (χ2v) is 10.1. The summed E-state index contributed by atoms with van der Waals surface area (Å²) in [5, 5.41) is 13.6. The predicted molar refractivity (Wildman–Crippen MR) is 130 cm³/mol. The summed E-state index contributed by atoms with van der Waals surface area (Å²) in [4.78, 5) is 25.6. The molecule has 0 unspecified atom stereocenters. The summed E-state index contributed by atoms with van der Waals surface area (Å²) in [6, 6.07) is 5.96. The van der Waals surface area contributed by atoms with Crippen molar-refractivity contribution < 1.29 is 18.0 Å². The number of fused-ring (bicyclic) bond motifs is 1. The Bertz CT molecular complexity index is 1220. The molecule has 12 heteroatoms. The van der Waals surface area contributed by atoms with Crippen molar-refractivity contribution in [2.45, 2.75) is 45.3 Å². The van der Waals surface area contributed by atoms with Crippen LogP contribution in [-0.4, -0.2) is 40.1 Å². The molecule has 0 fully saturated rings. The Hall–Kier alpha value is -3.25. The van der Waals surface area contributed by atoms with Crippen molar-refractivity contribution in [3.63, 3.8) is 0 Å². The van der Waals surface area contributed by atoms with Crippen molar-refractivity contribution in [1.82, 2.24) is 25.6 Å². The van der Waals surface area contributed by atoms with E-state index in [2.05, 4.69) is 30.9 Å². The van der Waals surface area contributed by atoms with Crippen molar-refractivity contribution in [3.8, 4) is 0 Å². The highest BCUT2D eigenvalue weighted by molar-refractivity contribution is 7.13. The number of carbonyl (C=O) groups excluding carboxylic acids is 1. The quantitative estimate of drug-likeness (QED) is 0.386. The number of aromatic nitrogens is 3. The van der Waals surface area contributed by atoms with Gasteiger partial charge in [-0.05, 0) is 36.2 Å². The summed E-state index contributed by atoms with van der Waals surface area (Å²) in [5.41, 5.74) is 3.72. The highest BCUT2D eigenvalue weighted by Crippen LogP contribution is 2.29. The average molecular weight is 506 g/mol. The van der Waals surface area contributed by atoms with Crippen LogP contribution in [0.25, 0.3) is 0 Å². The lowest BCUT2D eigenvalue weighted by atomic mass is 9.93. The van der Waals surface area contributed by atoms with Crippen LogP contribution in [0.2, 0.25) is 0 Å². The van der Waals surface area contributed by atoms with Crippen LogP contribution in [0.1, 0.15) is 48.0 Å². The lowest BCUT2D eigenvalue weighted by Crippen LogP contribution is -2.34. The molecule has 0 saturated carbocycles. The highest BCUT2D eigenvalue weighted by Gasteiger charge is 2.29. The molecule has 35 heavy (non-hydrogen) atoms. The highest BCUT2D eigenvalue weighted by atomic mass is 32.1. The van der Waals surface area contributed by atoms with Gasteiger partial charge in [0, 0.05) is 29.2 Å². The number of halogens is 3. The summed E-state index contributed by atoms with van der Waals surface area (Å²) in [5.74, 6) is -0.698. The molecule has 4 rings (SSSR count). The van der Waals surface area contributed by atoms with Gasteiger partial charge in [0.05, 0.1) is 5.69 Å². The molecule has 0 saturated heterocycles. The number of thiazole rings is 1. The largest absolute Gasteiger partial charge is 0.405 e. The first kappa shape index (κ1) is 24.9. The van der Waals surface area contributed by atoms with E-state index >= 15 is 0 Å². The van der Waals surface area contributed by atoms with Gasteiger partial charge in [0.25, 0.3) is 5.91 Å². The summed E-state index contributed by atoms with van der Waals surface area (Å²) >= 11 is 1.31. The Balaban J connectivity index is 1.61. The third kappa shape index (κ3) is 6.45. The van der Waals surface area contributed by atoms with Gasteiger partial charge in [0.2, 0.25) is 5.95 Å². The number of alkyl halides is 3. The maximum absolute atomic E-state index is 12.6. The molecule has 0 radical (unpaired) electrons. The lowest BCUT2D eigenvalue weighted by molar-refractivity contribution is -0.123. The van der Waals surface area contributed by atoms with Crippen LogP contribution in [0, 0.1) is 0 Å². The van der Waals surface area contributed by atoms with Crippen molar-refractivity contribution >= 4 is 39.8 Å². The second-order valence-electron chi connectivity index (χ2n) is 9.20. The third-order valence-corrected chi connectivity index (χ3v) is 6.09. The van der Waals surface area contributed by atoms with E-state index in [9.17, 15) is 18.0 Å². The van der Waals surface area contributed by atoms with Gasteiger partial charge in [-0.1, -0.05) is 26.8 Å². The van der Waals surface area contributed by atoms with Gasteiger partial charge in [-0.25, -0.2) is 9.97 Å². The van der Waals surface area contributed by atoms with Crippen molar-refractivity contribution in [2.75, 3.05) is 23.7 Å². The van der Waals surface area contributed by atoms with E-state index in [1.165, 1.54) is 28.7 Å². The van der Waals surface area contributed by atoms with Crippen LogP contribution in [0.4, 0.5) is 35.8 Å². The summed E-state index contributed by atoms with van der Waals surface area (Å²) in [7, 11) is 0. The van der Waals surface area contributed by atoms with Crippen molar-refractivity contribution in [2.24, 2.45) is 0 Å². The second kappa shape index (κ2) is 9.78. The van der Waals surface area contributed by atoms with E-state index in [1.54, 1.807) is 0 Å². The summed E-state index contributed by atoms with van der Waals surface area (Å²) in [6.45, 7) is 6.29. The zero-order chi connectivity index (χ0) is 25.2. The first-order chi connectivity index (χ1) is 16.5. The van der Waals surface area contributed by atoms with Gasteiger partial charge >= 0.3 is 6.18 Å². The molecule has 4 N–H and O–H groups in total. The number of hydrogen-bond donors (Lipinski definition) is 4. The fourth-order valence-electron chi connectivity index (χ4n) is 3.44. The van der Waals surface area contributed by atoms with Crippen molar-refractivity contribution in [3.05, 3.63) is 52.2 Å². The monoisotopic (exact) mass is 505 g/mol. The molecule has 0 spiro atoms. The number of anilines is 4. The predicted octanol–water partition coefficient (Wildman–Crippen LogP) is 4.66. The van der Waals surface area contributed by atoms with E-state index in [1.807, 2.05) is 49.7 Å². The third-order valence-electron chi connectivity index (χ3n) is 5.33. The first-order valence-electron chi connectivity index (χ1n) is 11.0. The van der Waals surface area contributed by atoms with Crippen LogP contribution in [0.3, 0.4) is 0 Å². The van der Waals surface area contributed by atoms with Gasteiger partial charge < -0.3 is 21.3 Å². The molecule has 1 aromatic carbocycles. The normalized spacial score (nSPS) is 13.8. The minimum atomic E-state index is -4.54. The average Bonchev–Trinajstić information content (AvgIpc) is 3.26. The Morgan fingerprint density at radius 3 is 2.66 bits per heavy atom. The molecule has 186 valence electrons. The summed E-state index contributed by atoms with van der Waals surface area (Å²) < 4.78 is 37.9. The number of amides is 1. The van der Waals surface area contributed by atoms with E-state index in [4.69, 9.17) is 0 Å². The molecule has 0 bridgehead atoms. The smallest absolute Gasteiger partial charge is 0.343 e. The minimum absolute atomic E-state index is 0.0524. The Morgan fingerprint density at radius 2 is 1.94 bits per heavy atom. The molecule has 1 amide bonds. The fourth-order valence-corrected chi connectivity index (χ4v) is 4.38. The molecule has 0 atom stereocenters. The molecule has 1 aliphatic rings. The van der Waals surface area contributed by atoms with Gasteiger partial charge in [-0.2, -0.15) is 18.2 Å². The zero-order valence-corrected chi connectivity index (χ0v) is 20.3. The number of benzene rings is 1. The van der Waals surface area contributed by atoms with Crippen LogP contribution in [-0.2, 0) is 18.4 Å². The Labute approximate surface area is 204 Å². The first-order valence-corrected chi connectivity index (χ1v) is 11.9. The van der Waals surface area contributed by atoms with E-state index < -0.39 is 18.6 Å². The maximum Gasteiger partial charge on any atom is 0.405 e. The molecule has 3 aromatic rings. The topological polar surface area (TPSA) is 104 Å². The van der Waals surface area contributed by atoms with Crippen LogP contribution >= 0.6 is 11.3 Å². The van der Waals surface area contributed by atoms with Crippen LogP contribution in [0.5, 0.6) is 0 Å². The zero-order valence-electron chi connectivity index (χ0n) is 19.5. The minimum Gasteiger partial charge on any atom is -0.343 e. The molecule has 3 heterocycles. The number of nitrogens with one attached hydrogen (secondary N) is 4. The fraction of sp³-hybridized carbons (Fsp3) is 0.391. The number of hydrogen-bond acceptors (Lipinski definition) is 8. The SMILES string of the molecule is CC(C)(C)c1csc(Nc2nc(Nc3ccc4c(c3)CNCC4)ncc2C(=O)NCC(F)(F)F)n1. The standard InChI is InChI=1S/C23H26F3N7OS/c1-22(2,3)17-11-35-21(31-17)33-18-16(19(34)29-12-23(24,25)26)10-28-20(32-18)30-15-5-4-13-6-7-27-9-14(13)8-15/h4-5,8,10-11,27H,6-7,9,12H2,1-3H3,(H,29,34)(H2,28,30,31,32,33). The number of rotatable bonds is 6. The molecular weight excluding hydrogens is 479 g/mol. The Kier molecular flexibility index (Phi) is 6.95. The van der Waals surface area contributed by atoms with E-state index in [-0.39, 0.29) is 22.7 Å². The van der Waals surface area contributed by atoms with Gasteiger partial charge in [-0.3, -0.25) is 4.79 Å². The van der Waals surface area contributed by atoms with E-state index in [0.29, 0.717) is 5.13 Å². The number of carbonyl (C=O) groups is 1. The molecule has 1 aliphatic heterocycles. The number of nitrogens with zero attached hydrogens (tertiary/aromatic N) is 3. The molecular formula is C23H26F3N7OS. The molecule has 0 aliphatic carbocycles. The van der Waals surface area contributed by atoms with Crippen molar-refractivity contribution in [1.29, 1.82) is 0 Å². The maximum atomic E-state index is 12.6. The molecule has 2 aromatic heterocycles. The lowest BCUT2D eigenvalue weighted by Gasteiger charge is -2.18. The van der Waals surface area contributed by atoms with Crippen LogP contribution in [0.15, 0.2) is 29.8 Å². The van der Waals surface area contributed by atoms with Gasteiger partial charge in [0.15, 0.2) is 10.9 Å². The Morgan fingerprint density at radius 1 is 1.14 bits per heavy atom. The van der Waals surface area contributed by atoms with E-state index in [0.717, 1.165) is 30.9 Å². The van der Waals surface area contributed by atoms with Crippen LogP contribution < -0.4 is 21.3 Å². The van der Waals surface area contributed by atoms with Gasteiger partial charge in [0.1, 0.15) is 12.1 Å². The van der Waals surface area contributed by atoms with Gasteiger partial charge in [-0.15, -0.1) is 11.3 Å². The summed E-state index contributed by atoms with van der Waals surface area (Å²) in [6.07, 6.45) is -2.39. The molecule has 8 nitrogen and oxygen atoms in total.